The molecule has 2 aromatic rings. The molecule has 110 valence electrons. The molecule has 2 rings (SSSR count). The Morgan fingerprint density at radius 3 is 2.60 bits per heavy atom. The summed E-state index contributed by atoms with van der Waals surface area (Å²) in [7, 11) is -0.837. The number of nitrogens with zero attached hydrogens (tertiary/aromatic N) is 2. The van der Waals surface area contributed by atoms with Crippen molar-refractivity contribution in [3.05, 3.63) is 28.0 Å². The maximum absolute atomic E-state index is 11.6. The molecule has 0 aliphatic heterocycles. The number of halogens is 3. The third kappa shape index (κ3) is 3.30. The number of hydrogen-bond donors (Lipinski definition) is 0. The quantitative estimate of drug-likeness (QED) is 0.746. The van der Waals surface area contributed by atoms with Gasteiger partial charge in [-0.2, -0.15) is 0 Å². The van der Waals surface area contributed by atoms with E-state index in [2.05, 4.69) is 4.98 Å². The van der Waals surface area contributed by atoms with E-state index in [-0.39, 0.29) is 5.38 Å². The molecule has 0 aliphatic carbocycles. The van der Waals surface area contributed by atoms with E-state index in [0.717, 1.165) is 16.9 Å². The normalized spacial score (nSPS) is 14.7. The Morgan fingerprint density at radius 1 is 1.35 bits per heavy atom. The summed E-state index contributed by atoms with van der Waals surface area (Å²) in [4.78, 5) is 4.51. The molecule has 3 nitrogen and oxygen atoms in total. The maximum atomic E-state index is 11.6. The molecule has 0 amide bonds. The van der Waals surface area contributed by atoms with E-state index >= 15 is 0 Å². The molecular weight excluding hydrogens is 339 g/mol. The number of aryl methyl sites for hydroxylation is 1. The third-order valence-electron chi connectivity index (χ3n) is 3.04. The van der Waals surface area contributed by atoms with Crippen LogP contribution in [0.25, 0.3) is 11.0 Å². The van der Waals surface area contributed by atoms with Gasteiger partial charge in [0, 0.05) is 28.9 Å². The van der Waals surface area contributed by atoms with Crippen molar-refractivity contribution in [2.24, 2.45) is 0 Å². The number of aromatic nitrogens is 2. The van der Waals surface area contributed by atoms with Crippen LogP contribution in [-0.4, -0.2) is 25.3 Å². The van der Waals surface area contributed by atoms with Crippen LogP contribution in [0, 0.1) is 0 Å². The van der Waals surface area contributed by atoms with Crippen LogP contribution >= 0.6 is 34.8 Å². The molecule has 7 heteroatoms. The predicted octanol–water partition coefficient (Wildman–Crippen LogP) is 4.41. The smallest absolute Gasteiger partial charge is 0.127 e. The van der Waals surface area contributed by atoms with Crippen molar-refractivity contribution in [2.45, 2.75) is 25.8 Å². The van der Waals surface area contributed by atoms with Crippen molar-refractivity contribution >= 4 is 56.6 Å². The highest BCUT2D eigenvalue weighted by atomic mass is 35.5. The number of hydrogen-bond acceptors (Lipinski definition) is 2. The van der Waals surface area contributed by atoms with Crippen molar-refractivity contribution in [1.82, 2.24) is 9.55 Å². The van der Waals surface area contributed by atoms with Gasteiger partial charge < -0.3 is 4.57 Å². The fraction of sp³-hybridized carbons (Fsp3) is 0.462. The van der Waals surface area contributed by atoms with Gasteiger partial charge in [-0.3, -0.25) is 4.21 Å². The molecule has 0 saturated heterocycles. The van der Waals surface area contributed by atoms with Crippen LogP contribution in [0.5, 0.6) is 0 Å². The van der Waals surface area contributed by atoms with Gasteiger partial charge in [0.25, 0.3) is 0 Å². The topological polar surface area (TPSA) is 34.9 Å². The number of imidazole rings is 1. The molecule has 2 atom stereocenters. The first kappa shape index (κ1) is 16.1. The fourth-order valence-corrected chi connectivity index (χ4v) is 3.17. The van der Waals surface area contributed by atoms with Gasteiger partial charge in [0.2, 0.25) is 0 Å². The summed E-state index contributed by atoms with van der Waals surface area (Å²) >= 11 is 18.3. The highest BCUT2D eigenvalue weighted by Gasteiger charge is 2.16. The summed E-state index contributed by atoms with van der Waals surface area (Å²) < 4.78 is 13.6. The lowest BCUT2D eigenvalue weighted by molar-refractivity contribution is 0.669. The zero-order valence-electron chi connectivity index (χ0n) is 11.2. The van der Waals surface area contributed by atoms with E-state index < -0.39 is 10.8 Å². The Bertz CT molecular complexity index is 655. The van der Waals surface area contributed by atoms with Gasteiger partial charge in [-0.1, -0.05) is 30.1 Å². The standard InChI is InChI=1S/C13H15Cl3N2OS/c1-3-20(19)5-4-18-12-7-10(16)9(15)6-11(12)17-13(18)8(2)14/h6-8H,3-5H2,1-2H3. The first-order valence-electron chi connectivity index (χ1n) is 6.28. The molecule has 20 heavy (non-hydrogen) atoms. The molecular formula is C13H15Cl3N2OS. The van der Waals surface area contributed by atoms with Gasteiger partial charge in [-0.15, -0.1) is 11.6 Å². The average Bonchev–Trinajstić information content (AvgIpc) is 2.74. The highest BCUT2D eigenvalue weighted by Crippen LogP contribution is 2.31. The second-order valence-electron chi connectivity index (χ2n) is 4.43. The third-order valence-corrected chi connectivity index (χ3v) is 5.24. The molecule has 0 bridgehead atoms. The Labute approximate surface area is 135 Å². The maximum Gasteiger partial charge on any atom is 0.127 e. The molecule has 0 saturated carbocycles. The van der Waals surface area contributed by atoms with Gasteiger partial charge in [0.05, 0.1) is 26.5 Å². The van der Waals surface area contributed by atoms with Gasteiger partial charge in [0.15, 0.2) is 0 Å². The number of alkyl halides is 1. The monoisotopic (exact) mass is 352 g/mol. The Hall–Kier alpha value is -0.290. The number of fused-ring (bicyclic) bond motifs is 1. The molecule has 2 unspecified atom stereocenters. The minimum atomic E-state index is -0.837. The van der Waals surface area contributed by atoms with Gasteiger partial charge in [-0.05, 0) is 19.1 Å². The summed E-state index contributed by atoms with van der Waals surface area (Å²) in [6.45, 7) is 4.37. The first-order valence-corrected chi connectivity index (χ1v) is 8.96. The zero-order chi connectivity index (χ0) is 14.9. The lowest BCUT2D eigenvalue weighted by atomic mass is 10.3. The summed E-state index contributed by atoms with van der Waals surface area (Å²) in [6.07, 6.45) is 0. The van der Waals surface area contributed by atoms with Crippen molar-refractivity contribution in [2.75, 3.05) is 11.5 Å². The summed E-state index contributed by atoms with van der Waals surface area (Å²) in [5.41, 5.74) is 1.62. The van der Waals surface area contributed by atoms with Gasteiger partial charge in [-0.25, -0.2) is 4.98 Å². The fourth-order valence-electron chi connectivity index (χ4n) is 2.01. The largest absolute Gasteiger partial charge is 0.326 e. The Balaban J connectivity index is 2.50. The van der Waals surface area contributed by atoms with Crippen molar-refractivity contribution in [3.8, 4) is 0 Å². The minimum absolute atomic E-state index is 0.241. The molecule has 1 aromatic carbocycles. The van der Waals surface area contributed by atoms with E-state index in [1.807, 2.05) is 18.4 Å². The summed E-state index contributed by atoms with van der Waals surface area (Å²) in [5, 5.41) is 0.704. The average molecular weight is 354 g/mol. The molecule has 0 aliphatic rings. The second-order valence-corrected chi connectivity index (χ2v) is 7.76. The first-order chi connectivity index (χ1) is 9.43. The molecule has 0 N–H and O–H groups in total. The predicted molar refractivity (Wildman–Crippen MR) is 87.6 cm³/mol. The minimum Gasteiger partial charge on any atom is -0.326 e. The Kier molecular flexibility index (Phi) is 5.35. The van der Waals surface area contributed by atoms with Gasteiger partial charge >= 0.3 is 0 Å². The molecule has 0 fully saturated rings. The zero-order valence-corrected chi connectivity index (χ0v) is 14.3. The van der Waals surface area contributed by atoms with Crippen molar-refractivity contribution < 1.29 is 4.21 Å². The van der Waals surface area contributed by atoms with Crippen LogP contribution < -0.4 is 0 Å². The van der Waals surface area contributed by atoms with E-state index in [9.17, 15) is 4.21 Å². The van der Waals surface area contributed by atoms with Crippen molar-refractivity contribution in [1.29, 1.82) is 0 Å². The lowest BCUT2D eigenvalue weighted by Gasteiger charge is -2.10. The SMILES string of the molecule is CCS(=O)CCn1c(C(C)Cl)nc2cc(Cl)c(Cl)cc21. The van der Waals surface area contributed by atoms with Crippen LogP contribution in [0.15, 0.2) is 12.1 Å². The number of rotatable bonds is 5. The van der Waals surface area contributed by atoms with E-state index in [0.29, 0.717) is 28.1 Å². The van der Waals surface area contributed by atoms with Gasteiger partial charge in [0.1, 0.15) is 5.82 Å². The lowest BCUT2D eigenvalue weighted by Crippen LogP contribution is -2.12. The van der Waals surface area contributed by atoms with E-state index in [4.69, 9.17) is 34.8 Å². The number of benzene rings is 1. The van der Waals surface area contributed by atoms with Crippen LogP contribution in [-0.2, 0) is 17.3 Å². The molecule has 0 spiro atoms. The van der Waals surface area contributed by atoms with Crippen LogP contribution in [0.1, 0.15) is 25.0 Å². The molecule has 1 aromatic heterocycles. The Morgan fingerprint density at radius 2 is 2.00 bits per heavy atom. The molecule has 1 heterocycles. The van der Waals surface area contributed by atoms with Crippen LogP contribution in [0.2, 0.25) is 10.0 Å². The van der Waals surface area contributed by atoms with E-state index in [1.54, 1.807) is 12.1 Å². The summed E-state index contributed by atoms with van der Waals surface area (Å²) in [6, 6.07) is 3.51. The highest BCUT2D eigenvalue weighted by molar-refractivity contribution is 7.84. The summed E-state index contributed by atoms with van der Waals surface area (Å²) in [5.74, 6) is 1.96. The second kappa shape index (κ2) is 6.65. The molecule has 0 radical (unpaired) electrons. The van der Waals surface area contributed by atoms with Crippen LogP contribution in [0.3, 0.4) is 0 Å². The van der Waals surface area contributed by atoms with E-state index in [1.165, 1.54) is 0 Å². The van der Waals surface area contributed by atoms with Crippen LogP contribution in [0.4, 0.5) is 0 Å². The van der Waals surface area contributed by atoms with Crippen molar-refractivity contribution in [3.63, 3.8) is 0 Å².